The van der Waals surface area contributed by atoms with E-state index in [0.717, 1.165) is 40.9 Å². The van der Waals surface area contributed by atoms with Crippen LogP contribution in [0.4, 0.5) is 11.4 Å². The molecule has 2 N–H and O–H groups in total. The number of halogens is 1. The molecule has 0 bridgehead atoms. The molecule has 6 nitrogen and oxygen atoms in total. The predicted octanol–water partition coefficient (Wildman–Crippen LogP) is 4.72. The topological polar surface area (TPSA) is 81.4 Å². The molecule has 0 aliphatic rings. The molecular formula is C23H25ClN4O2. The van der Waals surface area contributed by atoms with Crippen LogP contribution < -0.4 is 15.0 Å². The van der Waals surface area contributed by atoms with Crippen molar-refractivity contribution in [2.45, 2.75) is 27.0 Å². The van der Waals surface area contributed by atoms with Gasteiger partial charge in [-0.25, -0.2) is 0 Å². The molecule has 0 unspecified atom stereocenters. The van der Waals surface area contributed by atoms with Crippen LogP contribution >= 0.6 is 11.6 Å². The first-order valence-electron chi connectivity index (χ1n) is 9.84. The van der Waals surface area contributed by atoms with E-state index in [-0.39, 0.29) is 6.61 Å². The van der Waals surface area contributed by atoms with Gasteiger partial charge in [0.05, 0.1) is 47.3 Å². The summed E-state index contributed by atoms with van der Waals surface area (Å²) in [6.45, 7) is 6.08. The largest absolute Gasteiger partial charge is 0.495 e. The molecule has 3 rings (SSSR count). The highest BCUT2D eigenvalue weighted by molar-refractivity contribution is 6.32. The summed E-state index contributed by atoms with van der Waals surface area (Å²) in [7, 11) is 1.58. The lowest BCUT2D eigenvalue weighted by Crippen LogP contribution is -2.22. The maximum atomic E-state index is 9.89. The van der Waals surface area contributed by atoms with E-state index < -0.39 is 0 Å². The average Bonchev–Trinajstić information content (AvgIpc) is 2.77. The van der Waals surface area contributed by atoms with Gasteiger partial charge >= 0.3 is 0 Å². The Morgan fingerprint density at radius 1 is 1.23 bits per heavy atom. The van der Waals surface area contributed by atoms with Gasteiger partial charge in [0.2, 0.25) is 0 Å². The summed E-state index contributed by atoms with van der Waals surface area (Å²) in [5.41, 5.74) is 4.66. The maximum Gasteiger partial charge on any atom is 0.137 e. The molecule has 156 valence electrons. The molecule has 1 heterocycles. The summed E-state index contributed by atoms with van der Waals surface area (Å²) in [6, 6.07) is 11.5. The quantitative estimate of drug-likeness (QED) is 0.544. The van der Waals surface area contributed by atoms with Gasteiger partial charge in [-0.3, -0.25) is 4.98 Å². The van der Waals surface area contributed by atoms with Gasteiger partial charge in [0.15, 0.2) is 0 Å². The molecule has 0 amide bonds. The predicted molar refractivity (Wildman–Crippen MR) is 121 cm³/mol. The number of ether oxygens (including phenoxy) is 1. The zero-order chi connectivity index (χ0) is 21.7. The third-order valence-electron chi connectivity index (χ3n) is 5.12. The molecule has 0 saturated heterocycles. The molecule has 0 radical (unpaired) electrons. The van der Waals surface area contributed by atoms with Crippen LogP contribution in [0.2, 0.25) is 5.02 Å². The SMILES string of the molecule is CCN(CC)c1cc(C#N)cc2c(NCc3ccc(OC)c(Cl)c3)c(CO)cnc12. The number of rotatable bonds is 8. The minimum atomic E-state index is -0.161. The number of aliphatic hydroxyl groups is 1. The third-order valence-corrected chi connectivity index (χ3v) is 5.41. The molecule has 0 spiro atoms. The lowest BCUT2D eigenvalue weighted by atomic mass is 10.0. The van der Waals surface area contributed by atoms with Gasteiger partial charge in [-0.15, -0.1) is 0 Å². The van der Waals surface area contributed by atoms with E-state index in [1.807, 2.05) is 30.3 Å². The van der Waals surface area contributed by atoms with Gasteiger partial charge in [0.1, 0.15) is 5.75 Å². The average molecular weight is 425 g/mol. The van der Waals surface area contributed by atoms with Crippen LogP contribution in [0.5, 0.6) is 5.75 Å². The molecule has 7 heteroatoms. The highest BCUT2D eigenvalue weighted by atomic mass is 35.5. The molecule has 0 aliphatic heterocycles. The number of methoxy groups -OCH3 is 1. The van der Waals surface area contributed by atoms with Crippen LogP contribution in [0.1, 0.15) is 30.5 Å². The summed E-state index contributed by atoms with van der Waals surface area (Å²) in [5, 5.41) is 24.2. The Kier molecular flexibility index (Phi) is 6.99. The van der Waals surface area contributed by atoms with Crippen LogP contribution in [0.25, 0.3) is 10.9 Å². The van der Waals surface area contributed by atoms with Gasteiger partial charge in [-0.1, -0.05) is 17.7 Å². The number of fused-ring (bicyclic) bond motifs is 1. The third kappa shape index (κ3) is 4.28. The van der Waals surface area contributed by atoms with Crippen LogP contribution in [0.3, 0.4) is 0 Å². The van der Waals surface area contributed by atoms with Crippen molar-refractivity contribution in [2.75, 3.05) is 30.4 Å². The number of hydrogen-bond donors (Lipinski definition) is 2. The summed E-state index contributed by atoms with van der Waals surface area (Å²) in [6.07, 6.45) is 1.69. The van der Waals surface area contributed by atoms with Gasteiger partial charge in [0.25, 0.3) is 0 Å². The Labute approximate surface area is 181 Å². The van der Waals surface area contributed by atoms with Gasteiger partial charge in [-0.05, 0) is 43.7 Å². The molecule has 0 aliphatic carbocycles. The molecular weight excluding hydrogens is 400 g/mol. The van der Waals surface area contributed by atoms with Gasteiger partial charge in [-0.2, -0.15) is 5.26 Å². The van der Waals surface area contributed by atoms with Crippen LogP contribution in [0.15, 0.2) is 36.5 Å². The van der Waals surface area contributed by atoms with Crippen molar-refractivity contribution < 1.29 is 9.84 Å². The monoisotopic (exact) mass is 424 g/mol. The van der Waals surface area contributed by atoms with Crippen molar-refractivity contribution in [1.29, 1.82) is 5.26 Å². The molecule has 0 atom stereocenters. The van der Waals surface area contributed by atoms with E-state index in [1.165, 1.54) is 0 Å². The Morgan fingerprint density at radius 3 is 2.60 bits per heavy atom. The van der Waals surface area contributed by atoms with Gasteiger partial charge < -0.3 is 20.1 Å². The number of pyridine rings is 1. The van der Waals surface area contributed by atoms with Crippen molar-refractivity contribution in [1.82, 2.24) is 4.98 Å². The van der Waals surface area contributed by atoms with Crippen molar-refractivity contribution in [3.63, 3.8) is 0 Å². The number of nitriles is 1. The van der Waals surface area contributed by atoms with Crippen molar-refractivity contribution >= 4 is 33.9 Å². The Hall–Kier alpha value is -3.01. The fourth-order valence-electron chi connectivity index (χ4n) is 3.53. The molecule has 3 aromatic rings. The van der Waals surface area contributed by atoms with Crippen molar-refractivity contribution in [3.05, 3.63) is 58.2 Å². The maximum absolute atomic E-state index is 9.89. The number of anilines is 2. The second-order valence-electron chi connectivity index (χ2n) is 6.81. The van der Waals surface area contributed by atoms with Crippen molar-refractivity contribution in [2.24, 2.45) is 0 Å². The first-order chi connectivity index (χ1) is 14.6. The molecule has 0 fully saturated rings. The summed E-state index contributed by atoms with van der Waals surface area (Å²) >= 11 is 6.25. The van der Waals surface area contributed by atoms with E-state index in [4.69, 9.17) is 16.3 Å². The fraction of sp³-hybridized carbons (Fsp3) is 0.304. The highest BCUT2D eigenvalue weighted by Crippen LogP contribution is 2.34. The minimum absolute atomic E-state index is 0.161. The molecule has 1 aromatic heterocycles. The van der Waals surface area contributed by atoms with Crippen LogP contribution in [-0.2, 0) is 13.2 Å². The smallest absolute Gasteiger partial charge is 0.137 e. The lowest BCUT2D eigenvalue weighted by molar-refractivity contribution is 0.282. The van der Waals surface area contributed by atoms with E-state index >= 15 is 0 Å². The Bertz CT molecular complexity index is 1090. The summed E-state index contributed by atoms with van der Waals surface area (Å²) in [4.78, 5) is 6.78. The second kappa shape index (κ2) is 9.66. The zero-order valence-corrected chi connectivity index (χ0v) is 18.1. The summed E-state index contributed by atoms with van der Waals surface area (Å²) in [5.74, 6) is 0.619. The number of nitrogens with one attached hydrogen (secondary N) is 1. The second-order valence-corrected chi connectivity index (χ2v) is 7.22. The minimum Gasteiger partial charge on any atom is -0.495 e. The summed E-state index contributed by atoms with van der Waals surface area (Å²) < 4.78 is 5.21. The molecule has 0 saturated carbocycles. The first-order valence-corrected chi connectivity index (χ1v) is 10.2. The van der Waals surface area contributed by atoms with E-state index in [1.54, 1.807) is 13.3 Å². The number of aliphatic hydroxyl groups excluding tert-OH is 1. The van der Waals surface area contributed by atoms with E-state index in [9.17, 15) is 10.4 Å². The number of aromatic nitrogens is 1. The normalized spacial score (nSPS) is 10.7. The highest BCUT2D eigenvalue weighted by Gasteiger charge is 2.16. The first kappa shape index (κ1) is 21.7. The Morgan fingerprint density at radius 2 is 2.00 bits per heavy atom. The van der Waals surface area contributed by atoms with Gasteiger partial charge in [0, 0.05) is 36.8 Å². The van der Waals surface area contributed by atoms with Crippen molar-refractivity contribution in [3.8, 4) is 11.8 Å². The molecule has 30 heavy (non-hydrogen) atoms. The lowest BCUT2D eigenvalue weighted by Gasteiger charge is -2.24. The number of hydrogen-bond acceptors (Lipinski definition) is 6. The number of nitrogens with zero attached hydrogens (tertiary/aromatic N) is 3. The molecule has 2 aromatic carbocycles. The van der Waals surface area contributed by atoms with Crippen LogP contribution in [-0.4, -0.2) is 30.3 Å². The number of benzene rings is 2. The standard InChI is InChI=1S/C23H25ClN4O2/c1-4-28(5-2)20-10-16(11-25)8-18-22(17(14-29)13-27-23(18)20)26-12-15-6-7-21(30-3)19(24)9-15/h6-10,13,29H,4-5,12,14H2,1-3H3,(H,26,27). The van der Waals surface area contributed by atoms with E-state index in [2.05, 4.69) is 35.1 Å². The Balaban J connectivity index is 2.09. The van der Waals surface area contributed by atoms with Crippen LogP contribution in [0, 0.1) is 11.3 Å². The zero-order valence-electron chi connectivity index (χ0n) is 17.4. The van der Waals surface area contributed by atoms with E-state index in [0.29, 0.717) is 28.4 Å². The fourth-order valence-corrected chi connectivity index (χ4v) is 3.81.